The summed E-state index contributed by atoms with van der Waals surface area (Å²) in [4.78, 5) is 10.4. The molecule has 106 valence electrons. The van der Waals surface area contributed by atoms with Crippen LogP contribution in [-0.2, 0) is 10.0 Å². The van der Waals surface area contributed by atoms with E-state index >= 15 is 0 Å². The van der Waals surface area contributed by atoms with Crippen LogP contribution in [0.25, 0.3) is 0 Å². The Morgan fingerprint density at radius 2 is 1.89 bits per heavy atom. The van der Waals surface area contributed by atoms with Crippen LogP contribution in [0.2, 0.25) is 0 Å². The van der Waals surface area contributed by atoms with E-state index in [-0.39, 0.29) is 28.6 Å². The molecule has 0 saturated heterocycles. The molecule has 0 aromatic heterocycles. The summed E-state index contributed by atoms with van der Waals surface area (Å²) in [5, 5.41) is 11.0. The van der Waals surface area contributed by atoms with Gasteiger partial charge >= 0.3 is 0 Å². The first-order chi connectivity index (χ1) is 8.72. The number of rotatable bonds is 5. The molecule has 1 aromatic carbocycles. The predicted octanol–water partition coefficient (Wildman–Crippen LogP) is 2.04. The van der Waals surface area contributed by atoms with Gasteiger partial charge in [-0.25, -0.2) is 13.1 Å². The largest absolute Gasteiger partial charge is 0.276 e. The number of halogens is 1. The highest BCUT2D eigenvalue weighted by molar-refractivity contribution is 7.89. The standard InChI is InChI=1S/C11H15ClN2O4S/c1-7-6-8(2)11(9(3)10(7)14(15)16)19(17,18)13-5-4-12/h6,13H,4-5H2,1-3H3. The molecule has 1 aromatic rings. The zero-order valence-corrected chi connectivity index (χ0v) is 12.4. The van der Waals surface area contributed by atoms with Crippen molar-refractivity contribution >= 4 is 27.3 Å². The molecule has 0 fully saturated rings. The zero-order chi connectivity index (χ0) is 14.8. The molecule has 0 spiro atoms. The number of nitrogens with one attached hydrogen (secondary N) is 1. The van der Waals surface area contributed by atoms with Crippen LogP contribution in [0.3, 0.4) is 0 Å². The molecule has 6 nitrogen and oxygen atoms in total. The number of benzene rings is 1. The molecule has 8 heteroatoms. The van der Waals surface area contributed by atoms with Gasteiger partial charge in [0.15, 0.2) is 0 Å². The summed E-state index contributed by atoms with van der Waals surface area (Å²) in [6, 6.07) is 1.50. The Bertz CT molecular complexity index is 614. The van der Waals surface area contributed by atoms with Crippen molar-refractivity contribution in [1.29, 1.82) is 0 Å². The molecule has 0 unspecified atom stereocenters. The van der Waals surface area contributed by atoms with Crippen molar-refractivity contribution in [2.24, 2.45) is 0 Å². The Labute approximate surface area is 117 Å². The maximum absolute atomic E-state index is 12.1. The lowest BCUT2D eigenvalue weighted by atomic mass is 10.1. The number of hydrogen-bond donors (Lipinski definition) is 1. The van der Waals surface area contributed by atoms with Crippen LogP contribution in [-0.4, -0.2) is 25.8 Å². The number of sulfonamides is 1. The van der Waals surface area contributed by atoms with Gasteiger partial charge < -0.3 is 0 Å². The van der Waals surface area contributed by atoms with Crippen molar-refractivity contribution in [2.45, 2.75) is 25.7 Å². The van der Waals surface area contributed by atoms with E-state index in [4.69, 9.17) is 11.6 Å². The van der Waals surface area contributed by atoms with Crippen LogP contribution < -0.4 is 4.72 Å². The van der Waals surface area contributed by atoms with Gasteiger partial charge in [-0.15, -0.1) is 11.6 Å². The zero-order valence-electron chi connectivity index (χ0n) is 10.9. The molecule has 0 atom stereocenters. The summed E-state index contributed by atoms with van der Waals surface area (Å²) in [7, 11) is -3.80. The number of aryl methyl sites for hydroxylation is 2. The number of alkyl halides is 1. The highest BCUT2D eigenvalue weighted by atomic mass is 35.5. The highest BCUT2D eigenvalue weighted by Crippen LogP contribution is 2.31. The second-order valence-corrected chi connectivity index (χ2v) is 6.24. The first kappa shape index (κ1) is 15.9. The quantitative estimate of drug-likeness (QED) is 0.512. The van der Waals surface area contributed by atoms with Crippen molar-refractivity contribution < 1.29 is 13.3 Å². The SMILES string of the molecule is Cc1cc(C)c(S(=O)(=O)NCCCl)c(C)c1[N+](=O)[O-]. The minimum absolute atomic E-state index is 0.0464. The fourth-order valence-electron chi connectivity index (χ4n) is 2.10. The number of nitrogens with zero attached hydrogens (tertiary/aromatic N) is 1. The van der Waals surface area contributed by atoms with Crippen molar-refractivity contribution in [3.05, 3.63) is 32.9 Å². The summed E-state index contributed by atoms with van der Waals surface area (Å²) in [6.07, 6.45) is 0. The van der Waals surface area contributed by atoms with Crippen LogP contribution in [0.1, 0.15) is 16.7 Å². The molecule has 0 aliphatic rings. The lowest BCUT2D eigenvalue weighted by Gasteiger charge is -2.13. The fourth-order valence-corrected chi connectivity index (χ4v) is 3.80. The minimum Gasteiger partial charge on any atom is -0.258 e. The van der Waals surface area contributed by atoms with E-state index in [0.717, 1.165) is 0 Å². The van der Waals surface area contributed by atoms with Gasteiger partial charge in [-0.1, -0.05) is 0 Å². The number of nitro groups is 1. The van der Waals surface area contributed by atoms with Gasteiger partial charge in [-0.3, -0.25) is 10.1 Å². The molecule has 0 saturated carbocycles. The summed E-state index contributed by atoms with van der Waals surface area (Å²) in [5.41, 5.74) is 0.889. The third kappa shape index (κ3) is 3.23. The van der Waals surface area contributed by atoms with Gasteiger partial charge in [0.1, 0.15) is 0 Å². The van der Waals surface area contributed by atoms with Gasteiger partial charge in [0.05, 0.1) is 9.82 Å². The van der Waals surface area contributed by atoms with Gasteiger partial charge in [0.25, 0.3) is 5.69 Å². The minimum atomic E-state index is -3.80. The van der Waals surface area contributed by atoms with Crippen LogP contribution in [0.4, 0.5) is 5.69 Å². The molecule has 0 bridgehead atoms. The number of hydrogen-bond acceptors (Lipinski definition) is 4. The molecule has 0 aliphatic carbocycles. The molecule has 0 aliphatic heterocycles. The van der Waals surface area contributed by atoms with Gasteiger partial charge in [-0.2, -0.15) is 0 Å². The molecule has 19 heavy (non-hydrogen) atoms. The normalized spacial score (nSPS) is 11.6. The summed E-state index contributed by atoms with van der Waals surface area (Å²) in [6.45, 7) is 4.71. The Morgan fingerprint density at radius 1 is 1.32 bits per heavy atom. The van der Waals surface area contributed by atoms with E-state index in [0.29, 0.717) is 11.1 Å². The second kappa shape index (κ2) is 5.85. The maximum atomic E-state index is 12.1. The second-order valence-electron chi connectivity index (χ2n) is 4.16. The third-order valence-electron chi connectivity index (χ3n) is 2.70. The molecule has 0 amide bonds. The van der Waals surface area contributed by atoms with Crippen LogP contribution in [0.15, 0.2) is 11.0 Å². The molecule has 1 N–H and O–H groups in total. The van der Waals surface area contributed by atoms with Crippen molar-refractivity contribution in [3.63, 3.8) is 0 Å². The average Bonchev–Trinajstić information content (AvgIpc) is 2.24. The average molecular weight is 307 g/mol. The van der Waals surface area contributed by atoms with Gasteiger partial charge in [-0.05, 0) is 32.4 Å². The highest BCUT2D eigenvalue weighted by Gasteiger charge is 2.27. The fraction of sp³-hybridized carbons (Fsp3) is 0.455. The summed E-state index contributed by atoms with van der Waals surface area (Å²) >= 11 is 5.45. The van der Waals surface area contributed by atoms with Crippen LogP contribution in [0, 0.1) is 30.9 Å². The maximum Gasteiger partial charge on any atom is 0.276 e. The van der Waals surface area contributed by atoms with E-state index in [1.54, 1.807) is 13.8 Å². The third-order valence-corrected chi connectivity index (χ3v) is 4.64. The Balaban J connectivity index is 3.53. The molecule has 0 radical (unpaired) electrons. The molecule has 0 heterocycles. The van der Waals surface area contributed by atoms with E-state index in [2.05, 4.69) is 4.72 Å². The van der Waals surface area contributed by atoms with E-state index < -0.39 is 14.9 Å². The molecular weight excluding hydrogens is 292 g/mol. The monoisotopic (exact) mass is 306 g/mol. The van der Waals surface area contributed by atoms with Crippen LogP contribution in [0.5, 0.6) is 0 Å². The molecular formula is C11H15ClN2O4S. The Kier molecular flexibility index (Phi) is 4.89. The summed E-state index contributed by atoms with van der Waals surface area (Å²) in [5.74, 6) is 0.130. The lowest BCUT2D eigenvalue weighted by molar-refractivity contribution is -0.386. The van der Waals surface area contributed by atoms with Crippen molar-refractivity contribution in [1.82, 2.24) is 4.72 Å². The van der Waals surface area contributed by atoms with E-state index in [1.165, 1.54) is 13.0 Å². The first-order valence-electron chi connectivity index (χ1n) is 5.53. The molecule has 1 rings (SSSR count). The Morgan fingerprint density at radius 3 is 2.37 bits per heavy atom. The van der Waals surface area contributed by atoms with E-state index in [9.17, 15) is 18.5 Å². The first-order valence-corrected chi connectivity index (χ1v) is 7.55. The Hall–Kier alpha value is -1.18. The topological polar surface area (TPSA) is 89.3 Å². The lowest BCUT2D eigenvalue weighted by Crippen LogP contribution is -2.27. The van der Waals surface area contributed by atoms with Crippen molar-refractivity contribution in [3.8, 4) is 0 Å². The number of nitro benzene ring substituents is 1. The van der Waals surface area contributed by atoms with Gasteiger partial charge in [0, 0.05) is 23.6 Å². The van der Waals surface area contributed by atoms with Crippen molar-refractivity contribution in [2.75, 3.05) is 12.4 Å². The van der Waals surface area contributed by atoms with Crippen LogP contribution >= 0.6 is 11.6 Å². The smallest absolute Gasteiger partial charge is 0.258 e. The predicted molar refractivity (Wildman–Crippen MR) is 73.2 cm³/mol. The van der Waals surface area contributed by atoms with Gasteiger partial charge in [0.2, 0.25) is 10.0 Å². The van der Waals surface area contributed by atoms with E-state index in [1.807, 2.05) is 0 Å². The summed E-state index contributed by atoms with van der Waals surface area (Å²) < 4.78 is 26.6.